The third-order valence-electron chi connectivity index (χ3n) is 4.18. The van der Waals surface area contributed by atoms with Gasteiger partial charge in [0.15, 0.2) is 0 Å². The van der Waals surface area contributed by atoms with E-state index >= 15 is 0 Å². The number of carboxylic acids is 2. The van der Waals surface area contributed by atoms with Crippen molar-refractivity contribution in [1.29, 1.82) is 0 Å². The van der Waals surface area contributed by atoms with Crippen LogP contribution in [0.25, 0.3) is 0 Å². The number of nitrogens with one attached hydrogen (secondary N) is 1. The molecule has 7 nitrogen and oxygen atoms in total. The van der Waals surface area contributed by atoms with Crippen LogP contribution in [-0.2, 0) is 22.6 Å². The van der Waals surface area contributed by atoms with Crippen LogP contribution in [0, 0.1) is 9.49 Å². The Balaban J connectivity index is 2.12. The first kappa shape index (κ1) is 21.4. The minimum atomic E-state index is -1.08. The number of hydrogen-bond donors (Lipinski definition) is 3. The first-order chi connectivity index (χ1) is 12.8. The molecule has 0 amide bonds. The summed E-state index contributed by atoms with van der Waals surface area (Å²) in [6.07, 6.45) is 3.81. The highest BCUT2D eigenvalue weighted by molar-refractivity contribution is 14.1. The van der Waals surface area contributed by atoms with Crippen molar-refractivity contribution in [3.05, 3.63) is 51.6 Å². The second kappa shape index (κ2) is 9.84. The molecular formula is C19H24IN3O4. The number of carbonyl (C=O) groups is 2. The Morgan fingerprint density at radius 1 is 1.15 bits per heavy atom. The fourth-order valence-electron chi connectivity index (χ4n) is 2.83. The topological polar surface area (TPSA) is 104 Å². The molecule has 1 unspecified atom stereocenters. The molecule has 2 aromatic rings. The summed E-state index contributed by atoms with van der Waals surface area (Å²) >= 11 is 2.24. The van der Waals surface area contributed by atoms with Crippen LogP contribution in [0.5, 0.6) is 0 Å². The summed E-state index contributed by atoms with van der Waals surface area (Å²) in [6.45, 7) is 4.39. The summed E-state index contributed by atoms with van der Waals surface area (Å²) < 4.78 is 3.03. The van der Waals surface area contributed by atoms with Gasteiger partial charge in [-0.2, -0.15) is 0 Å². The van der Waals surface area contributed by atoms with Gasteiger partial charge in [-0.25, -0.2) is 4.98 Å². The van der Waals surface area contributed by atoms with Crippen molar-refractivity contribution >= 4 is 34.5 Å². The van der Waals surface area contributed by atoms with E-state index in [1.807, 2.05) is 42.7 Å². The Hall–Kier alpha value is -1.94. The summed E-state index contributed by atoms with van der Waals surface area (Å²) in [6, 6.07) is 6.15. The van der Waals surface area contributed by atoms with E-state index in [4.69, 9.17) is 0 Å². The molecule has 3 N–H and O–H groups in total. The van der Waals surface area contributed by atoms with Crippen LogP contribution >= 0.6 is 22.6 Å². The van der Waals surface area contributed by atoms with Gasteiger partial charge in [-0.1, -0.05) is 26.0 Å². The highest BCUT2D eigenvalue weighted by Crippen LogP contribution is 2.13. The van der Waals surface area contributed by atoms with Gasteiger partial charge in [0.2, 0.25) is 0 Å². The van der Waals surface area contributed by atoms with Gasteiger partial charge in [0.1, 0.15) is 12.1 Å². The van der Waals surface area contributed by atoms with Crippen molar-refractivity contribution in [1.82, 2.24) is 14.9 Å². The predicted molar refractivity (Wildman–Crippen MR) is 110 cm³/mol. The van der Waals surface area contributed by atoms with E-state index in [1.54, 1.807) is 12.5 Å². The summed E-state index contributed by atoms with van der Waals surface area (Å²) in [5, 5.41) is 21.7. The molecule has 0 spiro atoms. The maximum atomic E-state index is 11.7. The normalized spacial score (nSPS) is 13.5. The maximum Gasteiger partial charge on any atom is 0.321 e. The second-order valence-corrected chi connectivity index (χ2v) is 8.17. The van der Waals surface area contributed by atoms with Crippen molar-refractivity contribution in [2.45, 2.75) is 45.3 Å². The molecule has 2 atom stereocenters. The molecule has 146 valence electrons. The van der Waals surface area contributed by atoms with Gasteiger partial charge in [-0.05, 0) is 52.6 Å². The van der Waals surface area contributed by atoms with Gasteiger partial charge < -0.3 is 14.8 Å². The lowest BCUT2D eigenvalue weighted by Crippen LogP contribution is -2.49. The quantitative estimate of drug-likeness (QED) is 0.447. The van der Waals surface area contributed by atoms with Crippen molar-refractivity contribution in [3.63, 3.8) is 0 Å². The van der Waals surface area contributed by atoms with Crippen molar-refractivity contribution in [3.8, 4) is 0 Å². The number of hydrogen-bond acceptors (Lipinski definition) is 4. The minimum Gasteiger partial charge on any atom is -0.480 e. The number of halogens is 1. The number of rotatable bonds is 10. The van der Waals surface area contributed by atoms with Crippen LogP contribution in [0.3, 0.4) is 0 Å². The SMILES string of the molecule is CC(C)C[C@H](NC(Cc1cncn1Cc1ccc(I)cc1)C(=O)O)C(=O)O. The molecule has 0 saturated heterocycles. The number of imidazole rings is 1. The average molecular weight is 485 g/mol. The Kier molecular flexibility index (Phi) is 7.78. The Labute approximate surface area is 171 Å². The van der Waals surface area contributed by atoms with Crippen LogP contribution < -0.4 is 5.32 Å². The molecule has 8 heteroatoms. The maximum absolute atomic E-state index is 11.7. The zero-order valence-electron chi connectivity index (χ0n) is 15.3. The standard InChI is InChI=1S/C19H24IN3O4/c1-12(2)7-16(18(24)25)22-17(19(26)27)8-15-9-21-11-23(15)10-13-3-5-14(20)6-4-13/h3-6,9,11-12,16-17,22H,7-8,10H2,1-2H3,(H,24,25)(H,26,27)/t16-,17?/m0/s1. The number of carboxylic acid groups (broad SMARTS) is 2. The van der Waals surface area contributed by atoms with Gasteiger partial charge in [0.25, 0.3) is 0 Å². The Morgan fingerprint density at radius 2 is 1.78 bits per heavy atom. The summed E-state index contributed by atoms with van der Waals surface area (Å²) in [5.74, 6) is -1.98. The summed E-state index contributed by atoms with van der Waals surface area (Å²) in [4.78, 5) is 27.3. The van der Waals surface area contributed by atoms with Gasteiger partial charge in [-0.3, -0.25) is 14.9 Å². The van der Waals surface area contributed by atoms with E-state index in [0.717, 1.165) is 14.8 Å². The lowest BCUT2D eigenvalue weighted by Gasteiger charge is -2.22. The molecule has 1 heterocycles. The molecule has 0 bridgehead atoms. The Morgan fingerprint density at radius 3 is 2.33 bits per heavy atom. The molecule has 0 fully saturated rings. The zero-order valence-corrected chi connectivity index (χ0v) is 17.5. The highest BCUT2D eigenvalue weighted by atomic mass is 127. The summed E-state index contributed by atoms with van der Waals surface area (Å²) in [5.41, 5.74) is 1.82. The smallest absolute Gasteiger partial charge is 0.321 e. The third-order valence-corrected chi connectivity index (χ3v) is 4.90. The molecule has 0 radical (unpaired) electrons. The van der Waals surface area contributed by atoms with Crippen molar-refractivity contribution < 1.29 is 19.8 Å². The van der Waals surface area contributed by atoms with Crippen LogP contribution in [0.1, 0.15) is 31.5 Å². The van der Waals surface area contributed by atoms with Gasteiger partial charge >= 0.3 is 11.9 Å². The third kappa shape index (κ3) is 6.62. The summed E-state index contributed by atoms with van der Waals surface area (Å²) in [7, 11) is 0. The molecule has 1 aromatic heterocycles. The lowest BCUT2D eigenvalue weighted by molar-refractivity contribution is -0.142. The van der Waals surface area contributed by atoms with Crippen molar-refractivity contribution in [2.75, 3.05) is 0 Å². The van der Waals surface area contributed by atoms with Gasteiger partial charge in [0, 0.05) is 28.4 Å². The first-order valence-corrected chi connectivity index (χ1v) is 9.79. The average Bonchev–Trinajstić information content (AvgIpc) is 3.01. The molecule has 0 aliphatic rings. The molecule has 2 rings (SSSR count). The number of aromatic nitrogens is 2. The fourth-order valence-corrected chi connectivity index (χ4v) is 3.19. The van der Waals surface area contributed by atoms with Crippen molar-refractivity contribution in [2.24, 2.45) is 5.92 Å². The van der Waals surface area contributed by atoms with E-state index in [1.165, 1.54) is 0 Å². The first-order valence-electron chi connectivity index (χ1n) is 8.71. The molecular weight excluding hydrogens is 461 g/mol. The molecule has 0 aliphatic heterocycles. The number of nitrogens with zero attached hydrogens (tertiary/aromatic N) is 2. The number of aliphatic carboxylic acids is 2. The van der Waals surface area contributed by atoms with E-state index in [0.29, 0.717) is 13.0 Å². The van der Waals surface area contributed by atoms with Gasteiger partial charge in [-0.15, -0.1) is 0 Å². The van der Waals surface area contributed by atoms with E-state index in [-0.39, 0.29) is 12.3 Å². The lowest BCUT2D eigenvalue weighted by atomic mass is 10.0. The number of benzene rings is 1. The van der Waals surface area contributed by atoms with E-state index < -0.39 is 24.0 Å². The largest absolute Gasteiger partial charge is 0.480 e. The molecule has 1 aromatic carbocycles. The van der Waals surface area contributed by atoms with E-state index in [9.17, 15) is 19.8 Å². The molecule has 27 heavy (non-hydrogen) atoms. The van der Waals surface area contributed by atoms with Crippen LogP contribution in [0.4, 0.5) is 0 Å². The molecule has 0 aliphatic carbocycles. The zero-order chi connectivity index (χ0) is 20.0. The second-order valence-electron chi connectivity index (χ2n) is 6.92. The predicted octanol–water partition coefficient (Wildman–Crippen LogP) is 2.62. The van der Waals surface area contributed by atoms with Gasteiger partial charge in [0.05, 0.1) is 6.33 Å². The highest BCUT2D eigenvalue weighted by Gasteiger charge is 2.27. The van der Waals surface area contributed by atoms with Crippen LogP contribution in [-0.4, -0.2) is 43.8 Å². The molecule has 0 saturated carbocycles. The van der Waals surface area contributed by atoms with Crippen LogP contribution in [0.2, 0.25) is 0 Å². The van der Waals surface area contributed by atoms with E-state index in [2.05, 4.69) is 32.9 Å². The Bertz CT molecular complexity index is 774. The fraction of sp³-hybridized carbons (Fsp3) is 0.421. The minimum absolute atomic E-state index is 0.138. The monoisotopic (exact) mass is 485 g/mol. The van der Waals surface area contributed by atoms with Crippen LogP contribution in [0.15, 0.2) is 36.8 Å².